The summed E-state index contributed by atoms with van der Waals surface area (Å²) in [6.07, 6.45) is 5.50. The summed E-state index contributed by atoms with van der Waals surface area (Å²) in [6, 6.07) is 8.27. The third-order valence-corrected chi connectivity index (χ3v) is 3.54. The minimum Gasteiger partial charge on any atom is -0.392 e. The van der Waals surface area contributed by atoms with E-state index in [9.17, 15) is 5.11 Å². The van der Waals surface area contributed by atoms with Crippen molar-refractivity contribution in [2.75, 3.05) is 13.1 Å². The number of likely N-dealkylation sites (tertiary alicyclic amines) is 1. The van der Waals surface area contributed by atoms with E-state index in [0.29, 0.717) is 0 Å². The second-order valence-corrected chi connectivity index (χ2v) is 4.77. The maximum absolute atomic E-state index is 9.29. The van der Waals surface area contributed by atoms with Gasteiger partial charge < -0.3 is 10.0 Å². The SMILES string of the molecule is OCc1ccccc1C[NH+]1CCCCCC1. The van der Waals surface area contributed by atoms with Crippen LogP contribution in [0.3, 0.4) is 0 Å². The number of benzene rings is 1. The summed E-state index contributed by atoms with van der Waals surface area (Å²) in [7, 11) is 0. The van der Waals surface area contributed by atoms with Crippen molar-refractivity contribution in [3.8, 4) is 0 Å². The molecule has 1 fully saturated rings. The summed E-state index contributed by atoms with van der Waals surface area (Å²) in [5, 5.41) is 9.29. The van der Waals surface area contributed by atoms with E-state index in [-0.39, 0.29) is 6.61 Å². The lowest BCUT2D eigenvalue weighted by Crippen LogP contribution is -3.10. The van der Waals surface area contributed by atoms with Gasteiger partial charge in [-0.1, -0.05) is 24.3 Å². The summed E-state index contributed by atoms with van der Waals surface area (Å²) < 4.78 is 0. The normalized spacial score (nSPS) is 18.3. The summed E-state index contributed by atoms with van der Waals surface area (Å²) in [4.78, 5) is 1.68. The average molecular weight is 220 g/mol. The Hall–Kier alpha value is -0.860. The zero-order valence-electron chi connectivity index (χ0n) is 9.91. The molecule has 2 nitrogen and oxygen atoms in total. The average Bonchev–Trinajstić information content (AvgIpc) is 2.58. The first-order valence-corrected chi connectivity index (χ1v) is 6.41. The van der Waals surface area contributed by atoms with Crippen LogP contribution >= 0.6 is 0 Å². The topological polar surface area (TPSA) is 24.7 Å². The molecular weight excluding hydrogens is 198 g/mol. The van der Waals surface area contributed by atoms with Crippen LogP contribution in [-0.2, 0) is 13.2 Å². The number of hydrogen-bond acceptors (Lipinski definition) is 1. The molecule has 0 aliphatic carbocycles. The molecule has 2 heteroatoms. The highest BCUT2D eigenvalue weighted by molar-refractivity contribution is 5.25. The zero-order chi connectivity index (χ0) is 11.2. The second kappa shape index (κ2) is 6.02. The first-order valence-electron chi connectivity index (χ1n) is 6.41. The maximum Gasteiger partial charge on any atom is 0.103 e. The molecule has 1 aromatic carbocycles. The second-order valence-electron chi connectivity index (χ2n) is 4.77. The Bertz CT molecular complexity index is 316. The third-order valence-electron chi connectivity index (χ3n) is 3.54. The Balaban J connectivity index is 2.01. The number of rotatable bonds is 3. The quantitative estimate of drug-likeness (QED) is 0.784. The molecule has 16 heavy (non-hydrogen) atoms. The van der Waals surface area contributed by atoms with Crippen molar-refractivity contribution in [1.29, 1.82) is 0 Å². The van der Waals surface area contributed by atoms with Crippen molar-refractivity contribution in [3.63, 3.8) is 0 Å². The van der Waals surface area contributed by atoms with E-state index in [2.05, 4.69) is 12.1 Å². The molecule has 0 atom stereocenters. The van der Waals surface area contributed by atoms with Crippen LogP contribution in [0, 0.1) is 0 Å². The fourth-order valence-corrected chi connectivity index (χ4v) is 2.56. The van der Waals surface area contributed by atoms with Crippen molar-refractivity contribution < 1.29 is 10.0 Å². The lowest BCUT2D eigenvalue weighted by atomic mass is 10.1. The molecule has 2 rings (SSSR count). The molecule has 2 N–H and O–H groups in total. The number of hydrogen-bond donors (Lipinski definition) is 2. The fourth-order valence-electron chi connectivity index (χ4n) is 2.56. The van der Waals surface area contributed by atoms with Crippen LogP contribution < -0.4 is 4.90 Å². The molecule has 88 valence electrons. The molecule has 1 heterocycles. The van der Waals surface area contributed by atoms with E-state index in [0.717, 1.165) is 12.1 Å². The molecule has 1 aliphatic rings. The Morgan fingerprint density at radius 3 is 2.19 bits per heavy atom. The number of quaternary nitrogens is 1. The van der Waals surface area contributed by atoms with Gasteiger partial charge in [0.1, 0.15) is 6.54 Å². The zero-order valence-corrected chi connectivity index (χ0v) is 9.91. The van der Waals surface area contributed by atoms with Gasteiger partial charge in [0.05, 0.1) is 19.7 Å². The molecule has 0 amide bonds. The maximum atomic E-state index is 9.29. The third kappa shape index (κ3) is 3.06. The van der Waals surface area contributed by atoms with E-state index in [1.807, 2.05) is 12.1 Å². The van der Waals surface area contributed by atoms with Crippen molar-refractivity contribution in [3.05, 3.63) is 35.4 Å². The molecule has 1 aromatic rings. The summed E-state index contributed by atoms with van der Waals surface area (Å²) >= 11 is 0. The molecule has 0 unspecified atom stereocenters. The predicted molar refractivity (Wildman–Crippen MR) is 65.2 cm³/mol. The highest BCUT2D eigenvalue weighted by atomic mass is 16.3. The molecule has 0 spiro atoms. The molecule has 1 aliphatic heterocycles. The van der Waals surface area contributed by atoms with Crippen LogP contribution in [0.5, 0.6) is 0 Å². The number of nitrogens with one attached hydrogen (secondary N) is 1. The summed E-state index contributed by atoms with van der Waals surface area (Å²) in [5.74, 6) is 0. The van der Waals surface area contributed by atoms with Crippen molar-refractivity contribution >= 4 is 0 Å². The summed E-state index contributed by atoms with van der Waals surface area (Å²) in [6.45, 7) is 3.83. The van der Waals surface area contributed by atoms with Crippen LogP contribution in [0.4, 0.5) is 0 Å². The molecule has 0 radical (unpaired) electrons. The van der Waals surface area contributed by atoms with Crippen LogP contribution in [0.15, 0.2) is 24.3 Å². The van der Waals surface area contributed by atoms with Gasteiger partial charge >= 0.3 is 0 Å². The van der Waals surface area contributed by atoms with Crippen LogP contribution in [-0.4, -0.2) is 18.2 Å². The first-order chi connectivity index (χ1) is 7.90. The minimum atomic E-state index is 0.170. The molecule has 1 saturated heterocycles. The van der Waals surface area contributed by atoms with Gasteiger partial charge in [-0.25, -0.2) is 0 Å². The standard InChI is InChI=1S/C14H21NO/c16-12-14-8-4-3-7-13(14)11-15-9-5-1-2-6-10-15/h3-4,7-8,16H,1-2,5-6,9-12H2/p+1. The van der Waals surface area contributed by atoms with E-state index in [1.54, 1.807) is 4.90 Å². The Morgan fingerprint density at radius 1 is 0.938 bits per heavy atom. The Labute approximate surface area is 97.9 Å². The Kier molecular flexibility index (Phi) is 4.37. The summed E-state index contributed by atoms with van der Waals surface area (Å²) in [5.41, 5.74) is 2.42. The van der Waals surface area contributed by atoms with Gasteiger partial charge in [0.15, 0.2) is 0 Å². The van der Waals surface area contributed by atoms with Gasteiger partial charge in [0.25, 0.3) is 0 Å². The largest absolute Gasteiger partial charge is 0.392 e. The lowest BCUT2D eigenvalue weighted by molar-refractivity contribution is -0.913. The van der Waals surface area contributed by atoms with Crippen LogP contribution in [0.25, 0.3) is 0 Å². The van der Waals surface area contributed by atoms with Crippen molar-refractivity contribution in [2.45, 2.75) is 38.8 Å². The van der Waals surface area contributed by atoms with E-state index in [4.69, 9.17) is 0 Å². The molecular formula is C14H22NO+. The monoisotopic (exact) mass is 220 g/mol. The van der Waals surface area contributed by atoms with Crippen molar-refractivity contribution in [1.82, 2.24) is 0 Å². The van der Waals surface area contributed by atoms with Gasteiger partial charge in [-0.2, -0.15) is 0 Å². The molecule has 0 bridgehead atoms. The minimum absolute atomic E-state index is 0.170. The van der Waals surface area contributed by atoms with Gasteiger partial charge in [-0.3, -0.25) is 0 Å². The lowest BCUT2D eigenvalue weighted by Gasteiger charge is -2.18. The van der Waals surface area contributed by atoms with E-state index >= 15 is 0 Å². The van der Waals surface area contributed by atoms with Crippen LogP contribution in [0.1, 0.15) is 36.8 Å². The van der Waals surface area contributed by atoms with Crippen molar-refractivity contribution in [2.24, 2.45) is 0 Å². The molecule has 0 aromatic heterocycles. The van der Waals surface area contributed by atoms with Gasteiger partial charge in [0.2, 0.25) is 0 Å². The van der Waals surface area contributed by atoms with Gasteiger partial charge in [0, 0.05) is 5.56 Å². The van der Waals surface area contributed by atoms with Gasteiger partial charge in [-0.05, 0) is 31.2 Å². The smallest absolute Gasteiger partial charge is 0.103 e. The van der Waals surface area contributed by atoms with Gasteiger partial charge in [-0.15, -0.1) is 0 Å². The molecule has 0 saturated carbocycles. The van der Waals surface area contributed by atoms with E-state index in [1.165, 1.54) is 44.3 Å². The predicted octanol–water partition coefficient (Wildman–Crippen LogP) is 1.14. The van der Waals surface area contributed by atoms with Crippen LogP contribution in [0.2, 0.25) is 0 Å². The first kappa shape index (κ1) is 11.6. The number of aliphatic hydroxyl groups is 1. The highest BCUT2D eigenvalue weighted by Crippen LogP contribution is 2.08. The fraction of sp³-hybridized carbons (Fsp3) is 0.571. The Morgan fingerprint density at radius 2 is 1.56 bits per heavy atom. The van der Waals surface area contributed by atoms with E-state index < -0.39 is 0 Å². The highest BCUT2D eigenvalue weighted by Gasteiger charge is 2.13. The number of aliphatic hydroxyl groups excluding tert-OH is 1.